The van der Waals surface area contributed by atoms with E-state index in [0.717, 1.165) is 109 Å². The molecule has 0 amide bonds. The fourth-order valence-electron chi connectivity index (χ4n) is 15.7. The van der Waals surface area contributed by atoms with Gasteiger partial charge in [0.25, 0.3) is 0 Å². The average Bonchev–Trinajstić information content (AvgIpc) is 4.06. The number of rotatable bonds is 24. The molecule has 5 aliphatic heterocycles. The van der Waals surface area contributed by atoms with Crippen molar-refractivity contribution in [1.82, 2.24) is 0 Å². The minimum Gasteiger partial charge on any atom is -0.458 e. The molecule has 4 saturated carbocycles. The van der Waals surface area contributed by atoms with Crippen LogP contribution in [0.5, 0.6) is 0 Å². The molecule has 5 heterocycles. The Morgan fingerprint density at radius 1 is 0.588 bits per heavy atom. The van der Waals surface area contributed by atoms with Crippen LogP contribution in [0.25, 0.3) is 0 Å². The molecule has 5 unspecified atom stereocenters. The number of Topliss-reactive ketones (excluding diaryl/α,β-unsaturated/α-hetero) is 1. The van der Waals surface area contributed by atoms with Gasteiger partial charge in [0, 0.05) is 18.2 Å². The van der Waals surface area contributed by atoms with Gasteiger partial charge in [0.2, 0.25) is 0 Å². The first kappa shape index (κ1) is 65.9. The van der Waals surface area contributed by atoms with E-state index in [4.69, 9.17) is 35.3 Å². The number of carbonyl (C=O) groups excluding carboxylic acids is 6. The van der Waals surface area contributed by atoms with Crippen LogP contribution in [0, 0.1) is 40.9 Å². The molecule has 80 heavy (non-hydrogen) atoms. The number of carbonyl (C=O) groups is 6. The van der Waals surface area contributed by atoms with E-state index in [2.05, 4.69) is 34.3 Å². The zero-order valence-electron chi connectivity index (χ0n) is 50.7. The number of fused-ring (bicyclic) bond motifs is 2. The van der Waals surface area contributed by atoms with Crippen LogP contribution in [0.4, 0.5) is 0 Å². The molecule has 9 fully saturated rings. The SMILES string of the molecule is C=CCCCCCCCC1C(=O)OC1(CC)CC.CCCCCC1C(=O)OC12CCCCC2.CCCCCCCC1C(=O)OC12CCCCC2.C[C@@]12OC(=O)C1([C@@H](O)C1C=CCCC1)CC(=O)[C@@H]2CCCl.C[C@]12CCC[C@H]1C(=O)O2. The second-order valence-corrected chi connectivity index (χ2v) is 26.4. The lowest BCUT2D eigenvalue weighted by atomic mass is 9.60. The molecule has 0 radical (unpaired) electrons. The third kappa shape index (κ3) is 14.6. The normalized spacial score (nSPS) is 32.5. The van der Waals surface area contributed by atoms with Crippen molar-refractivity contribution in [3.05, 3.63) is 24.8 Å². The monoisotopic (exact) mass is 1140 g/mol. The molecule has 0 aromatic heterocycles. The lowest BCUT2D eigenvalue weighted by Gasteiger charge is -2.55. The van der Waals surface area contributed by atoms with E-state index in [-0.39, 0.29) is 88.1 Å². The summed E-state index contributed by atoms with van der Waals surface area (Å²) in [5.41, 5.74) is -2.17. The zero-order valence-corrected chi connectivity index (χ0v) is 51.4. The highest BCUT2D eigenvalue weighted by Crippen LogP contribution is 2.63. The number of unbranched alkanes of at least 4 members (excludes halogenated alkanes) is 11. The summed E-state index contributed by atoms with van der Waals surface area (Å²) in [4.78, 5) is 69.9. The van der Waals surface area contributed by atoms with Crippen LogP contribution < -0.4 is 0 Å². The first-order chi connectivity index (χ1) is 38.5. The predicted molar refractivity (Wildman–Crippen MR) is 313 cm³/mol. The Morgan fingerprint density at radius 2 is 1.11 bits per heavy atom. The molecule has 0 aromatic carbocycles. The number of hydrogen-bond acceptors (Lipinski definition) is 12. The van der Waals surface area contributed by atoms with Crippen molar-refractivity contribution < 1.29 is 57.6 Å². The molecule has 12 nitrogen and oxygen atoms in total. The molecule has 1 N–H and O–H groups in total. The van der Waals surface area contributed by atoms with Gasteiger partial charge in [-0.15, -0.1) is 18.2 Å². The number of ketones is 1. The third-order valence-corrected chi connectivity index (χ3v) is 21.3. The minimum absolute atomic E-state index is 0.0108. The van der Waals surface area contributed by atoms with E-state index in [0.29, 0.717) is 12.3 Å². The van der Waals surface area contributed by atoms with Gasteiger partial charge in [-0.2, -0.15) is 0 Å². The minimum atomic E-state index is -1.08. The quantitative estimate of drug-likeness (QED) is 0.0320. The van der Waals surface area contributed by atoms with Crippen molar-refractivity contribution in [2.24, 2.45) is 40.9 Å². The van der Waals surface area contributed by atoms with Gasteiger partial charge < -0.3 is 28.8 Å². The van der Waals surface area contributed by atoms with Gasteiger partial charge in [-0.25, -0.2) is 0 Å². The molecular weight excluding hydrogens is 1030 g/mol. The van der Waals surface area contributed by atoms with Gasteiger partial charge in [-0.3, -0.25) is 28.8 Å². The number of allylic oxidation sites excluding steroid dienone is 2. The standard InChI is InChI=1S/C16H21ClO4.C16H28O2.C15H26O2.C13H22O2.C7H10O2/c1-15-11(7-8-17)12(18)9-16(15,14(20)21-15)13(19)10-5-3-2-4-6-10;1-4-7-8-9-10-11-12-13-14-15(17)18-16(14,5-2)6-3;1-2-3-4-5-7-10-13-14(16)17-15(13)11-8-6-9-12-15;1-2-3-5-8-11-12(14)15-13(11)9-6-4-7-10-13;1-7-4-2-3-5(7)6(8)9-7/h3,5,10-11,13,19H,2,4,6-9H2,1H3;4,14H,1,5-13H2,2-3H3;13H,2-12H2,1H3;11H,2-10H2,1H3;5H,2-4H2,1H3/t10?,11-,13-,15-,16?;;;;5-,7-/m0...0/s1. The summed E-state index contributed by atoms with van der Waals surface area (Å²) in [5.74, 6) is 0.551. The molecule has 13 heteroatoms. The van der Waals surface area contributed by atoms with Crippen LogP contribution in [0.15, 0.2) is 24.8 Å². The Kier molecular flexibility index (Phi) is 25.1. The third-order valence-electron chi connectivity index (χ3n) is 21.0. The summed E-state index contributed by atoms with van der Waals surface area (Å²) in [5, 5.41) is 10.9. The fraction of sp³-hybridized carbons (Fsp3) is 0.851. The lowest BCUT2D eigenvalue weighted by molar-refractivity contribution is -0.262. The smallest absolute Gasteiger partial charge is 0.319 e. The number of aliphatic hydroxyl groups excluding tert-OH is 1. The highest BCUT2D eigenvalue weighted by molar-refractivity contribution is 6.18. The van der Waals surface area contributed by atoms with Gasteiger partial charge in [-0.1, -0.05) is 136 Å². The van der Waals surface area contributed by atoms with Crippen LogP contribution in [-0.4, -0.2) is 80.7 Å². The van der Waals surface area contributed by atoms with Gasteiger partial charge in [0.15, 0.2) is 0 Å². The summed E-state index contributed by atoms with van der Waals surface area (Å²) < 4.78 is 26.8. The number of halogens is 1. The van der Waals surface area contributed by atoms with E-state index < -0.39 is 29.0 Å². The van der Waals surface area contributed by atoms with Crippen LogP contribution in [-0.2, 0) is 52.5 Å². The lowest BCUT2D eigenvalue weighted by Crippen LogP contribution is -2.70. The number of alkyl halides is 1. The number of ether oxygens (including phenoxy) is 5. The van der Waals surface area contributed by atoms with Crippen molar-refractivity contribution in [3.8, 4) is 0 Å². The van der Waals surface area contributed by atoms with Crippen LogP contribution in [0.1, 0.15) is 279 Å². The number of esters is 5. The zero-order chi connectivity index (χ0) is 58.0. The number of hydrogen-bond donors (Lipinski definition) is 1. The fourth-order valence-corrected chi connectivity index (χ4v) is 15.9. The van der Waals surface area contributed by atoms with Gasteiger partial charge in [0.1, 0.15) is 39.2 Å². The molecule has 2 spiro atoms. The number of aliphatic hydroxyl groups is 1. The molecule has 10 aliphatic rings. The topological polar surface area (TPSA) is 169 Å². The summed E-state index contributed by atoms with van der Waals surface area (Å²) in [6.07, 6.45) is 46.5. The maximum Gasteiger partial charge on any atom is 0.319 e. The van der Waals surface area contributed by atoms with Crippen molar-refractivity contribution in [3.63, 3.8) is 0 Å². The Labute approximate surface area is 487 Å². The molecule has 5 aliphatic carbocycles. The van der Waals surface area contributed by atoms with E-state index in [9.17, 15) is 33.9 Å². The molecular formula is C67H107ClO12. The maximum atomic E-state index is 12.3. The summed E-state index contributed by atoms with van der Waals surface area (Å²) >= 11 is 5.79. The van der Waals surface area contributed by atoms with Crippen molar-refractivity contribution in [2.45, 2.75) is 313 Å². The second kappa shape index (κ2) is 30.5. The van der Waals surface area contributed by atoms with E-state index in [1.165, 1.54) is 116 Å². The molecule has 454 valence electrons. The Morgan fingerprint density at radius 3 is 1.57 bits per heavy atom. The van der Waals surface area contributed by atoms with Crippen molar-refractivity contribution in [1.29, 1.82) is 0 Å². The molecule has 0 aromatic rings. The molecule has 0 bridgehead atoms. The molecule has 5 saturated heterocycles. The summed E-state index contributed by atoms with van der Waals surface area (Å²) in [6, 6.07) is 0. The largest absolute Gasteiger partial charge is 0.458 e. The second-order valence-electron chi connectivity index (χ2n) is 26.1. The maximum absolute atomic E-state index is 12.3. The Bertz CT molecular complexity index is 2070. The van der Waals surface area contributed by atoms with Crippen molar-refractivity contribution in [2.75, 3.05) is 5.88 Å². The summed E-state index contributed by atoms with van der Waals surface area (Å²) in [7, 11) is 0. The summed E-state index contributed by atoms with van der Waals surface area (Å²) in [6.45, 7) is 16.2. The van der Waals surface area contributed by atoms with Crippen molar-refractivity contribution >= 4 is 47.2 Å². The first-order valence-electron chi connectivity index (χ1n) is 32.7. The van der Waals surface area contributed by atoms with E-state index in [1.807, 2.05) is 25.2 Å². The van der Waals surface area contributed by atoms with Gasteiger partial charge in [-0.05, 0) is 155 Å². The highest BCUT2D eigenvalue weighted by atomic mass is 35.5. The van der Waals surface area contributed by atoms with Crippen LogP contribution in [0.2, 0.25) is 0 Å². The predicted octanol–water partition coefficient (Wildman–Crippen LogP) is 15.6. The van der Waals surface area contributed by atoms with E-state index in [1.54, 1.807) is 6.92 Å². The van der Waals surface area contributed by atoms with Crippen LogP contribution in [0.3, 0.4) is 0 Å². The highest BCUT2D eigenvalue weighted by Gasteiger charge is 2.78. The Hall–Kier alpha value is -3.25. The number of cyclic esters (lactones) is 1. The van der Waals surface area contributed by atoms with E-state index >= 15 is 0 Å². The first-order valence-corrected chi connectivity index (χ1v) is 33.2. The van der Waals surface area contributed by atoms with Crippen LogP contribution >= 0.6 is 11.6 Å². The van der Waals surface area contributed by atoms with Gasteiger partial charge >= 0.3 is 29.8 Å². The molecule has 10 atom stereocenters. The van der Waals surface area contributed by atoms with Gasteiger partial charge in [0.05, 0.1) is 35.7 Å². The molecule has 10 rings (SSSR count). The average molecular weight is 1140 g/mol. The Balaban J connectivity index is 0.000000164.